The SMILES string of the molecule is O=C1[C@@H]2CCCN2[C@@H](c2ccccc2)N1c1nccs1. The molecule has 0 radical (unpaired) electrons. The fraction of sp³-hybridized carbons (Fsp3) is 0.333. The number of carbonyl (C=O) groups is 1. The van der Waals surface area contributed by atoms with Gasteiger partial charge in [-0.05, 0) is 18.4 Å². The highest BCUT2D eigenvalue weighted by Gasteiger charge is 2.50. The Morgan fingerprint density at radius 2 is 2.10 bits per heavy atom. The predicted octanol–water partition coefficient (Wildman–Crippen LogP) is 2.65. The van der Waals surface area contributed by atoms with Crippen molar-refractivity contribution < 1.29 is 4.79 Å². The molecular formula is C15H15N3OS. The lowest BCUT2D eigenvalue weighted by atomic mass is 10.1. The summed E-state index contributed by atoms with van der Waals surface area (Å²) in [4.78, 5) is 21.3. The van der Waals surface area contributed by atoms with Crippen molar-refractivity contribution in [2.75, 3.05) is 11.4 Å². The van der Waals surface area contributed by atoms with Crippen molar-refractivity contribution in [3.63, 3.8) is 0 Å². The van der Waals surface area contributed by atoms with Crippen LogP contribution in [-0.4, -0.2) is 28.4 Å². The van der Waals surface area contributed by atoms with Crippen LogP contribution in [0.2, 0.25) is 0 Å². The number of carbonyl (C=O) groups excluding carboxylic acids is 1. The van der Waals surface area contributed by atoms with E-state index in [0.717, 1.165) is 24.5 Å². The van der Waals surface area contributed by atoms with E-state index in [1.165, 1.54) is 16.9 Å². The van der Waals surface area contributed by atoms with Gasteiger partial charge in [0.1, 0.15) is 6.17 Å². The van der Waals surface area contributed by atoms with Crippen LogP contribution in [0.4, 0.5) is 5.13 Å². The molecule has 102 valence electrons. The largest absolute Gasteiger partial charge is 0.273 e. The average molecular weight is 285 g/mol. The molecule has 4 nitrogen and oxygen atoms in total. The highest BCUT2D eigenvalue weighted by atomic mass is 32.1. The molecular weight excluding hydrogens is 270 g/mol. The lowest BCUT2D eigenvalue weighted by molar-refractivity contribution is -0.119. The lowest BCUT2D eigenvalue weighted by Crippen LogP contribution is -2.32. The summed E-state index contributed by atoms with van der Waals surface area (Å²) in [6, 6.07) is 10.3. The second-order valence-corrected chi connectivity index (χ2v) is 6.08. The molecule has 0 unspecified atom stereocenters. The number of hydrogen-bond donors (Lipinski definition) is 0. The number of amides is 1. The molecule has 2 atom stereocenters. The maximum Gasteiger partial charge on any atom is 0.247 e. The van der Waals surface area contributed by atoms with Crippen molar-refractivity contribution in [2.24, 2.45) is 0 Å². The Hall–Kier alpha value is -1.72. The predicted molar refractivity (Wildman–Crippen MR) is 78.5 cm³/mol. The van der Waals surface area contributed by atoms with Gasteiger partial charge >= 0.3 is 0 Å². The van der Waals surface area contributed by atoms with Gasteiger partial charge in [-0.25, -0.2) is 4.98 Å². The van der Waals surface area contributed by atoms with Gasteiger partial charge in [-0.2, -0.15) is 0 Å². The molecule has 0 saturated carbocycles. The van der Waals surface area contributed by atoms with Crippen LogP contribution >= 0.6 is 11.3 Å². The van der Waals surface area contributed by atoms with Crippen molar-refractivity contribution in [3.8, 4) is 0 Å². The maximum absolute atomic E-state index is 12.7. The minimum atomic E-state index is 0.00218. The maximum atomic E-state index is 12.7. The molecule has 3 heterocycles. The second kappa shape index (κ2) is 4.68. The topological polar surface area (TPSA) is 36.4 Å². The highest BCUT2D eigenvalue weighted by Crippen LogP contribution is 2.42. The van der Waals surface area contributed by atoms with Crippen LogP contribution in [0.1, 0.15) is 24.6 Å². The van der Waals surface area contributed by atoms with Crippen LogP contribution in [0.25, 0.3) is 0 Å². The summed E-state index contributed by atoms with van der Waals surface area (Å²) < 4.78 is 0. The first-order valence-electron chi connectivity index (χ1n) is 6.89. The third-order valence-electron chi connectivity index (χ3n) is 4.10. The number of benzene rings is 1. The molecule has 0 N–H and O–H groups in total. The zero-order valence-corrected chi connectivity index (χ0v) is 11.8. The van der Waals surface area contributed by atoms with Crippen LogP contribution in [0.15, 0.2) is 41.9 Å². The number of thiazole rings is 1. The number of rotatable bonds is 2. The highest BCUT2D eigenvalue weighted by molar-refractivity contribution is 7.13. The zero-order chi connectivity index (χ0) is 13.5. The van der Waals surface area contributed by atoms with Gasteiger partial charge in [0.05, 0.1) is 6.04 Å². The van der Waals surface area contributed by atoms with E-state index in [1.54, 1.807) is 6.20 Å². The summed E-state index contributed by atoms with van der Waals surface area (Å²) in [5.41, 5.74) is 1.17. The normalized spacial score (nSPS) is 26.2. The summed E-state index contributed by atoms with van der Waals surface area (Å²) in [5.74, 6) is 0.200. The van der Waals surface area contributed by atoms with E-state index in [0.29, 0.717) is 0 Å². The fourth-order valence-corrected chi connectivity index (χ4v) is 3.94. The second-order valence-electron chi connectivity index (χ2n) is 5.20. The number of aromatic nitrogens is 1. The first-order chi connectivity index (χ1) is 9.86. The Morgan fingerprint density at radius 1 is 1.25 bits per heavy atom. The van der Waals surface area contributed by atoms with Crippen molar-refractivity contribution in [2.45, 2.75) is 25.0 Å². The van der Waals surface area contributed by atoms with Crippen LogP contribution in [-0.2, 0) is 4.79 Å². The van der Waals surface area contributed by atoms with Gasteiger partial charge in [-0.15, -0.1) is 11.3 Å². The molecule has 1 aromatic carbocycles. The Morgan fingerprint density at radius 3 is 2.85 bits per heavy atom. The molecule has 4 rings (SSSR count). The van der Waals surface area contributed by atoms with Gasteiger partial charge in [-0.3, -0.25) is 14.6 Å². The molecule has 2 fully saturated rings. The molecule has 0 aliphatic carbocycles. The van der Waals surface area contributed by atoms with Crippen LogP contribution < -0.4 is 4.90 Å². The van der Waals surface area contributed by atoms with E-state index in [-0.39, 0.29) is 18.1 Å². The van der Waals surface area contributed by atoms with Gasteiger partial charge in [0, 0.05) is 18.1 Å². The number of anilines is 1. The van der Waals surface area contributed by atoms with E-state index >= 15 is 0 Å². The van der Waals surface area contributed by atoms with Crippen LogP contribution in [0.5, 0.6) is 0 Å². The van der Waals surface area contributed by atoms with Gasteiger partial charge in [0.15, 0.2) is 5.13 Å². The summed E-state index contributed by atoms with van der Waals surface area (Å²) in [5, 5.41) is 2.73. The molecule has 2 aromatic rings. The van der Waals surface area contributed by atoms with Crippen molar-refractivity contribution in [1.29, 1.82) is 0 Å². The number of nitrogens with zero attached hydrogens (tertiary/aromatic N) is 3. The van der Waals surface area contributed by atoms with E-state index in [4.69, 9.17) is 0 Å². The summed E-state index contributed by atoms with van der Waals surface area (Å²) >= 11 is 1.53. The van der Waals surface area contributed by atoms with Crippen molar-refractivity contribution in [1.82, 2.24) is 9.88 Å². The molecule has 2 aliphatic rings. The number of fused-ring (bicyclic) bond motifs is 1. The Bertz CT molecular complexity index is 613. The van der Waals surface area contributed by atoms with Crippen LogP contribution in [0.3, 0.4) is 0 Å². The first-order valence-corrected chi connectivity index (χ1v) is 7.77. The Labute approximate surface area is 121 Å². The first kappa shape index (κ1) is 12.1. The van der Waals surface area contributed by atoms with Crippen LogP contribution in [0, 0.1) is 0 Å². The lowest BCUT2D eigenvalue weighted by Gasteiger charge is -2.27. The van der Waals surface area contributed by atoms with E-state index < -0.39 is 0 Å². The minimum absolute atomic E-state index is 0.00218. The van der Waals surface area contributed by atoms with Gasteiger partial charge < -0.3 is 0 Å². The van der Waals surface area contributed by atoms with Crippen molar-refractivity contribution >= 4 is 22.4 Å². The van der Waals surface area contributed by atoms with E-state index in [1.807, 2.05) is 28.5 Å². The summed E-state index contributed by atoms with van der Waals surface area (Å²) in [6.45, 7) is 0.984. The van der Waals surface area contributed by atoms with E-state index in [2.05, 4.69) is 22.0 Å². The molecule has 20 heavy (non-hydrogen) atoms. The molecule has 1 amide bonds. The standard InChI is InChI=1S/C15H15N3OS/c19-14-12-7-4-9-17(12)13(11-5-2-1-3-6-11)18(14)15-16-8-10-20-15/h1-3,5-6,8,10,12-13H,4,7,9H2/t12-,13+/m0/s1. The Kier molecular flexibility index (Phi) is 2.82. The Balaban J connectivity index is 1.81. The molecule has 0 spiro atoms. The summed E-state index contributed by atoms with van der Waals surface area (Å²) in [6.07, 6.45) is 3.83. The average Bonchev–Trinajstić information content (AvgIpc) is 3.18. The minimum Gasteiger partial charge on any atom is -0.273 e. The van der Waals surface area contributed by atoms with E-state index in [9.17, 15) is 4.79 Å². The van der Waals surface area contributed by atoms with Gasteiger partial charge in [0.25, 0.3) is 0 Å². The third-order valence-corrected chi connectivity index (χ3v) is 4.87. The quantitative estimate of drug-likeness (QED) is 0.851. The molecule has 2 aliphatic heterocycles. The van der Waals surface area contributed by atoms with Gasteiger partial charge in [0.2, 0.25) is 5.91 Å². The number of hydrogen-bond acceptors (Lipinski definition) is 4. The molecule has 5 heteroatoms. The fourth-order valence-electron chi connectivity index (χ4n) is 3.28. The monoisotopic (exact) mass is 285 g/mol. The zero-order valence-electron chi connectivity index (χ0n) is 11.0. The molecule has 2 saturated heterocycles. The smallest absolute Gasteiger partial charge is 0.247 e. The summed E-state index contributed by atoms with van der Waals surface area (Å²) in [7, 11) is 0. The third kappa shape index (κ3) is 1.70. The molecule has 1 aromatic heterocycles. The van der Waals surface area contributed by atoms with Crippen molar-refractivity contribution in [3.05, 3.63) is 47.5 Å². The molecule has 0 bridgehead atoms. The van der Waals surface area contributed by atoms with Gasteiger partial charge in [-0.1, -0.05) is 30.3 Å².